The van der Waals surface area contributed by atoms with Crippen LogP contribution in [0.1, 0.15) is 40.3 Å². The van der Waals surface area contributed by atoms with E-state index in [1.165, 1.54) is 12.5 Å². The molecule has 0 bridgehead atoms. The minimum absolute atomic E-state index is 0.145. The third-order valence-electron chi connectivity index (χ3n) is 3.56. The second kappa shape index (κ2) is 7.36. The van der Waals surface area contributed by atoms with Gasteiger partial charge in [-0.2, -0.15) is 5.26 Å². The number of carbonyl (C=O) groups is 1. The van der Waals surface area contributed by atoms with Gasteiger partial charge in [0.15, 0.2) is 5.76 Å². The van der Waals surface area contributed by atoms with Gasteiger partial charge in [0.2, 0.25) is 0 Å². The van der Waals surface area contributed by atoms with Crippen LogP contribution in [0.5, 0.6) is 5.75 Å². The van der Waals surface area contributed by atoms with Crippen molar-refractivity contribution in [3.05, 3.63) is 71.5 Å². The number of hydrogen-bond acceptors (Lipinski definition) is 6. The van der Waals surface area contributed by atoms with Gasteiger partial charge in [-0.1, -0.05) is 11.2 Å². The topological polar surface area (TPSA) is 101 Å². The maximum absolute atomic E-state index is 12.4. The Morgan fingerprint density at radius 2 is 2.24 bits per heavy atom. The van der Waals surface area contributed by atoms with Crippen LogP contribution in [0.4, 0.5) is 0 Å². The van der Waals surface area contributed by atoms with E-state index in [-0.39, 0.29) is 24.3 Å². The molecule has 0 spiro atoms. The first kappa shape index (κ1) is 16.3. The molecule has 1 aromatic carbocycles. The molecule has 25 heavy (non-hydrogen) atoms. The number of furan rings is 1. The van der Waals surface area contributed by atoms with Gasteiger partial charge in [0.25, 0.3) is 5.91 Å². The van der Waals surface area contributed by atoms with Crippen molar-refractivity contribution in [3.8, 4) is 11.8 Å². The Labute approximate surface area is 143 Å². The Balaban J connectivity index is 1.65. The van der Waals surface area contributed by atoms with Crippen LogP contribution in [-0.4, -0.2) is 11.1 Å². The molecular formula is C18H15N3O4. The summed E-state index contributed by atoms with van der Waals surface area (Å²) in [7, 11) is 0. The van der Waals surface area contributed by atoms with Crippen LogP contribution in [0.2, 0.25) is 0 Å². The molecular weight excluding hydrogens is 322 g/mol. The SMILES string of the molecule is C[C@@H](NC(=O)c1occc1COc1cccc(C#N)c1)c1ccon1. The molecule has 0 aliphatic heterocycles. The van der Waals surface area contributed by atoms with Crippen LogP contribution in [-0.2, 0) is 6.61 Å². The molecule has 0 fully saturated rings. The summed E-state index contributed by atoms with van der Waals surface area (Å²) >= 11 is 0. The molecule has 3 rings (SSSR count). The molecule has 2 aromatic heterocycles. The highest BCUT2D eigenvalue weighted by Crippen LogP contribution is 2.18. The van der Waals surface area contributed by atoms with E-state index in [0.29, 0.717) is 22.6 Å². The summed E-state index contributed by atoms with van der Waals surface area (Å²) in [5.74, 6) is 0.347. The summed E-state index contributed by atoms with van der Waals surface area (Å²) in [5, 5.41) is 15.5. The zero-order valence-electron chi connectivity index (χ0n) is 13.4. The minimum atomic E-state index is -0.370. The fraction of sp³-hybridized carbons (Fsp3) is 0.167. The number of amides is 1. The lowest BCUT2D eigenvalue weighted by molar-refractivity contribution is 0.0907. The smallest absolute Gasteiger partial charge is 0.287 e. The van der Waals surface area contributed by atoms with Crippen LogP contribution in [0.3, 0.4) is 0 Å². The number of nitrogens with one attached hydrogen (secondary N) is 1. The molecule has 0 radical (unpaired) electrons. The van der Waals surface area contributed by atoms with E-state index < -0.39 is 0 Å². The third-order valence-corrected chi connectivity index (χ3v) is 3.56. The van der Waals surface area contributed by atoms with Gasteiger partial charge in [0, 0.05) is 11.6 Å². The summed E-state index contributed by atoms with van der Waals surface area (Å²) in [6.45, 7) is 1.94. The first-order chi connectivity index (χ1) is 12.2. The van der Waals surface area contributed by atoms with Crippen LogP contribution in [0, 0.1) is 11.3 Å². The van der Waals surface area contributed by atoms with Gasteiger partial charge >= 0.3 is 0 Å². The van der Waals surface area contributed by atoms with Crippen LogP contribution < -0.4 is 10.1 Å². The standard InChI is InChI=1S/C18H15N3O4/c1-12(16-6-8-25-21-16)20-18(22)17-14(5-7-23-17)11-24-15-4-2-3-13(9-15)10-19/h2-9,12H,11H2,1H3,(H,20,22)/t12-/m1/s1. The average molecular weight is 337 g/mol. The highest BCUT2D eigenvalue weighted by molar-refractivity contribution is 5.93. The van der Waals surface area contributed by atoms with Crippen molar-refractivity contribution in [3.63, 3.8) is 0 Å². The second-order valence-electron chi connectivity index (χ2n) is 5.32. The molecule has 3 aromatic rings. The molecule has 7 nitrogen and oxygen atoms in total. The fourth-order valence-electron chi connectivity index (χ4n) is 2.25. The summed E-state index contributed by atoms with van der Waals surface area (Å²) in [6, 6.07) is 11.9. The maximum atomic E-state index is 12.4. The summed E-state index contributed by atoms with van der Waals surface area (Å²) < 4.78 is 15.7. The van der Waals surface area contributed by atoms with Crippen molar-refractivity contribution in [1.82, 2.24) is 10.5 Å². The van der Waals surface area contributed by atoms with Gasteiger partial charge in [-0.3, -0.25) is 4.79 Å². The predicted molar refractivity (Wildman–Crippen MR) is 86.6 cm³/mol. The van der Waals surface area contributed by atoms with Crippen LogP contribution in [0.25, 0.3) is 0 Å². The number of nitriles is 1. The molecule has 0 aliphatic rings. The first-order valence-corrected chi connectivity index (χ1v) is 7.58. The summed E-state index contributed by atoms with van der Waals surface area (Å²) in [6.07, 6.45) is 2.87. The van der Waals surface area contributed by atoms with Gasteiger partial charge in [-0.05, 0) is 31.2 Å². The van der Waals surface area contributed by atoms with Crippen molar-refractivity contribution >= 4 is 5.91 Å². The second-order valence-corrected chi connectivity index (χ2v) is 5.32. The summed E-state index contributed by atoms with van der Waals surface area (Å²) in [5.41, 5.74) is 1.72. The third kappa shape index (κ3) is 3.87. The average Bonchev–Trinajstić information content (AvgIpc) is 3.31. The Bertz CT molecular complexity index is 893. The number of aromatic nitrogens is 1. The molecule has 1 atom stereocenters. The molecule has 2 heterocycles. The highest BCUT2D eigenvalue weighted by atomic mass is 16.5. The first-order valence-electron chi connectivity index (χ1n) is 7.58. The molecule has 0 unspecified atom stereocenters. The van der Waals surface area contributed by atoms with Crippen molar-refractivity contribution in [2.45, 2.75) is 19.6 Å². The molecule has 1 N–H and O–H groups in total. The lowest BCUT2D eigenvalue weighted by atomic mass is 10.2. The van der Waals surface area contributed by atoms with E-state index in [4.69, 9.17) is 18.9 Å². The molecule has 126 valence electrons. The zero-order valence-corrected chi connectivity index (χ0v) is 13.4. The Morgan fingerprint density at radius 1 is 1.36 bits per heavy atom. The van der Waals surface area contributed by atoms with E-state index in [1.54, 1.807) is 43.3 Å². The lowest BCUT2D eigenvalue weighted by Crippen LogP contribution is -2.27. The Hall–Kier alpha value is -3.53. The number of hydrogen-bond donors (Lipinski definition) is 1. The molecule has 0 aliphatic carbocycles. The van der Waals surface area contributed by atoms with Gasteiger partial charge in [0.1, 0.15) is 24.3 Å². The van der Waals surface area contributed by atoms with Gasteiger partial charge < -0.3 is 19.0 Å². The normalized spacial score (nSPS) is 11.5. The van der Waals surface area contributed by atoms with Crippen LogP contribution >= 0.6 is 0 Å². The maximum Gasteiger partial charge on any atom is 0.287 e. The van der Waals surface area contributed by atoms with E-state index in [9.17, 15) is 4.79 Å². The van der Waals surface area contributed by atoms with Crippen LogP contribution in [0.15, 0.2) is 57.9 Å². The van der Waals surface area contributed by atoms with Gasteiger partial charge in [-0.15, -0.1) is 0 Å². The molecule has 0 saturated heterocycles. The number of nitrogens with zero attached hydrogens (tertiary/aromatic N) is 2. The Morgan fingerprint density at radius 3 is 3.00 bits per heavy atom. The largest absolute Gasteiger partial charge is 0.489 e. The number of rotatable bonds is 6. The zero-order chi connectivity index (χ0) is 17.6. The van der Waals surface area contributed by atoms with Gasteiger partial charge in [0.05, 0.1) is 23.9 Å². The molecule has 7 heteroatoms. The van der Waals surface area contributed by atoms with Crippen molar-refractivity contribution in [2.24, 2.45) is 0 Å². The van der Waals surface area contributed by atoms with Gasteiger partial charge in [-0.25, -0.2) is 0 Å². The molecule has 1 amide bonds. The summed E-state index contributed by atoms with van der Waals surface area (Å²) in [4.78, 5) is 12.4. The number of carbonyl (C=O) groups excluding carboxylic acids is 1. The van der Waals surface area contributed by atoms with Crippen molar-refractivity contribution in [1.29, 1.82) is 5.26 Å². The van der Waals surface area contributed by atoms with Crippen molar-refractivity contribution in [2.75, 3.05) is 0 Å². The minimum Gasteiger partial charge on any atom is -0.489 e. The van der Waals surface area contributed by atoms with E-state index >= 15 is 0 Å². The Kier molecular flexibility index (Phi) is 4.81. The quantitative estimate of drug-likeness (QED) is 0.741. The fourth-order valence-corrected chi connectivity index (χ4v) is 2.25. The monoisotopic (exact) mass is 337 g/mol. The van der Waals surface area contributed by atoms with E-state index in [1.807, 2.05) is 6.07 Å². The number of ether oxygens (including phenoxy) is 1. The van der Waals surface area contributed by atoms with Crippen molar-refractivity contribution < 1.29 is 18.5 Å². The predicted octanol–water partition coefficient (Wildman–Crippen LogP) is 3.21. The highest BCUT2D eigenvalue weighted by Gasteiger charge is 2.19. The lowest BCUT2D eigenvalue weighted by Gasteiger charge is -2.11. The molecule has 0 saturated carbocycles. The van der Waals surface area contributed by atoms with E-state index in [0.717, 1.165) is 0 Å². The van der Waals surface area contributed by atoms with E-state index in [2.05, 4.69) is 10.5 Å². The number of benzene rings is 1.